The Morgan fingerprint density at radius 2 is 1.89 bits per heavy atom. The Balaban J connectivity index is 2.73. The Bertz CT molecular complexity index is 385. The molecule has 0 aliphatic rings. The third kappa shape index (κ3) is 3.58. The van der Waals surface area contributed by atoms with Gasteiger partial charge in [-0.05, 0) is 44.2 Å². The summed E-state index contributed by atoms with van der Waals surface area (Å²) in [5.74, 6) is 0. The average Bonchev–Trinajstić information content (AvgIpc) is 2.48. The van der Waals surface area contributed by atoms with Crippen LogP contribution in [0, 0.1) is 19.3 Å². The second-order valence-electron chi connectivity index (χ2n) is 6.29. The van der Waals surface area contributed by atoms with Gasteiger partial charge in [-0.2, -0.15) is 5.10 Å². The maximum atomic E-state index is 4.49. The van der Waals surface area contributed by atoms with E-state index >= 15 is 0 Å². The molecular formula is C15H29N3. The third-order valence-corrected chi connectivity index (χ3v) is 3.84. The Kier molecular flexibility index (Phi) is 4.97. The zero-order valence-corrected chi connectivity index (χ0v) is 13.1. The van der Waals surface area contributed by atoms with Crippen molar-refractivity contribution in [1.82, 2.24) is 15.1 Å². The highest BCUT2D eigenvalue weighted by molar-refractivity contribution is 5.24. The summed E-state index contributed by atoms with van der Waals surface area (Å²) < 4.78 is 1.99. The van der Waals surface area contributed by atoms with E-state index in [1.165, 1.54) is 23.4 Å². The highest BCUT2D eigenvalue weighted by Gasteiger charge is 2.24. The number of aryl methyl sites for hydroxylation is 2. The summed E-state index contributed by atoms with van der Waals surface area (Å²) >= 11 is 0. The Hall–Kier alpha value is -0.830. The van der Waals surface area contributed by atoms with Gasteiger partial charge in [0.25, 0.3) is 0 Å². The molecule has 3 heteroatoms. The minimum atomic E-state index is 0.306. The van der Waals surface area contributed by atoms with Crippen molar-refractivity contribution in [3.8, 4) is 0 Å². The molecule has 104 valence electrons. The van der Waals surface area contributed by atoms with E-state index in [2.05, 4.69) is 52.0 Å². The first-order valence-corrected chi connectivity index (χ1v) is 6.99. The highest BCUT2D eigenvalue weighted by atomic mass is 15.3. The van der Waals surface area contributed by atoms with E-state index < -0.39 is 0 Å². The zero-order chi connectivity index (χ0) is 13.9. The van der Waals surface area contributed by atoms with Crippen molar-refractivity contribution in [1.29, 1.82) is 0 Å². The van der Waals surface area contributed by atoms with Gasteiger partial charge >= 0.3 is 0 Å². The van der Waals surface area contributed by atoms with E-state index in [0.717, 1.165) is 13.0 Å². The Morgan fingerprint density at radius 3 is 2.28 bits per heavy atom. The summed E-state index contributed by atoms with van der Waals surface area (Å²) in [4.78, 5) is 0. The molecule has 3 nitrogen and oxygen atoms in total. The summed E-state index contributed by atoms with van der Waals surface area (Å²) in [6.07, 6.45) is 2.28. The first-order chi connectivity index (χ1) is 8.27. The van der Waals surface area contributed by atoms with Crippen LogP contribution in [0.25, 0.3) is 0 Å². The molecule has 0 saturated heterocycles. The molecule has 0 aliphatic carbocycles. The van der Waals surface area contributed by atoms with Crippen LogP contribution in [0.1, 0.15) is 51.1 Å². The summed E-state index contributed by atoms with van der Waals surface area (Å²) in [6, 6.07) is 0.557. The predicted octanol–water partition coefficient (Wildman–Crippen LogP) is 2.99. The number of hydrogen-bond donors (Lipinski definition) is 1. The molecule has 0 spiro atoms. The molecule has 0 aliphatic heterocycles. The van der Waals surface area contributed by atoms with Gasteiger partial charge in [-0.15, -0.1) is 0 Å². The fourth-order valence-electron chi connectivity index (χ4n) is 2.56. The summed E-state index contributed by atoms with van der Waals surface area (Å²) in [7, 11) is 2.03. The predicted molar refractivity (Wildman–Crippen MR) is 77.9 cm³/mol. The molecule has 0 radical (unpaired) electrons. The van der Waals surface area contributed by atoms with Crippen molar-refractivity contribution < 1.29 is 0 Å². The van der Waals surface area contributed by atoms with Gasteiger partial charge in [-0.3, -0.25) is 4.68 Å². The van der Waals surface area contributed by atoms with Crippen LogP contribution in [0.2, 0.25) is 0 Å². The van der Waals surface area contributed by atoms with Crippen molar-refractivity contribution >= 4 is 0 Å². The van der Waals surface area contributed by atoms with Crippen molar-refractivity contribution in [2.45, 2.75) is 60.4 Å². The van der Waals surface area contributed by atoms with E-state index in [4.69, 9.17) is 0 Å². The van der Waals surface area contributed by atoms with Gasteiger partial charge in [0.05, 0.1) is 5.69 Å². The minimum Gasteiger partial charge on any atom is -0.314 e. The Labute approximate surface area is 112 Å². The van der Waals surface area contributed by atoms with Crippen molar-refractivity contribution in [3.63, 3.8) is 0 Å². The van der Waals surface area contributed by atoms with E-state index in [1.54, 1.807) is 0 Å². The van der Waals surface area contributed by atoms with Crippen molar-refractivity contribution in [2.24, 2.45) is 12.5 Å². The fourth-order valence-corrected chi connectivity index (χ4v) is 2.56. The first kappa shape index (κ1) is 15.2. The normalized spacial score (nSPS) is 13.9. The molecule has 0 amide bonds. The maximum Gasteiger partial charge on any atom is 0.0628 e. The molecule has 1 aromatic rings. The SMILES string of the molecule is CCNC(CCc1c(C)nn(C)c1C)C(C)(C)C. The second-order valence-corrected chi connectivity index (χ2v) is 6.29. The average molecular weight is 251 g/mol. The monoisotopic (exact) mass is 251 g/mol. The molecule has 0 bridgehead atoms. The number of aromatic nitrogens is 2. The molecule has 1 atom stereocenters. The summed E-state index contributed by atoms with van der Waals surface area (Å²) in [5, 5.41) is 8.10. The highest BCUT2D eigenvalue weighted by Crippen LogP contribution is 2.24. The van der Waals surface area contributed by atoms with Gasteiger partial charge < -0.3 is 5.32 Å². The van der Waals surface area contributed by atoms with E-state index in [1.807, 2.05) is 11.7 Å². The van der Waals surface area contributed by atoms with Crippen LogP contribution in [-0.4, -0.2) is 22.4 Å². The second kappa shape index (κ2) is 5.87. The van der Waals surface area contributed by atoms with Gasteiger partial charge in [0, 0.05) is 18.8 Å². The molecule has 1 aromatic heterocycles. The van der Waals surface area contributed by atoms with Gasteiger partial charge in [-0.25, -0.2) is 0 Å². The van der Waals surface area contributed by atoms with Crippen LogP contribution in [0.4, 0.5) is 0 Å². The third-order valence-electron chi connectivity index (χ3n) is 3.84. The topological polar surface area (TPSA) is 29.9 Å². The summed E-state index contributed by atoms with van der Waals surface area (Å²) in [5.41, 5.74) is 4.21. The minimum absolute atomic E-state index is 0.306. The molecule has 1 heterocycles. The number of nitrogens with one attached hydrogen (secondary N) is 1. The summed E-state index contributed by atoms with van der Waals surface area (Å²) in [6.45, 7) is 14.4. The van der Waals surface area contributed by atoms with Crippen LogP contribution in [0.5, 0.6) is 0 Å². The lowest BCUT2D eigenvalue weighted by Gasteiger charge is -2.31. The van der Waals surface area contributed by atoms with Crippen LogP contribution in [-0.2, 0) is 13.5 Å². The lowest BCUT2D eigenvalue weighted by molar-refractivity contribution is 0.258. The van der Waals surface area contributed by atoms with Crippen LogP contribution >= 0.6 is 0 Å². The van der Waals surface area contributed by atoms with E-state index in [9.17, 15) is 0 Å². The Morgan fingerprint density at radius 1 is 1.28 bits per heavy atom. The smallest absolute Gasteiger partial charge is 0.0628 e. The molecule has 0 saturated carbocycles. The molecule has 0 fully saturated rings. The van der Waals surface area contributed by atoms with Crippen LogP contribution in [0.15, 0.2) is 0 Å². The van der Waals surface area contributed by atoms with Gasteiger partial charge in [0.1, 0.15) is 0 Å². The van der Waals surface area contributed by atoms with Crippen molar-refractivity contribution in [3.05, 3.63) is 17.0 Å². The number of hydrogen-bond acceptors (Lipinski definition) is 2. The molecular weight excluding hydrogens is 222 g/mol. The first-order valence-electron chi connectivity index (χ1n) is 6.99. The van der Waals surface area contributed by atoms with Gasteiger partial charge in [0.15, 0.2) is 0 Å². The molecule has 18 heavy (non-hydrogen) atoms. The largest absolute Gasteiger partial charge is 0.314 e. The molecule has 0 aromatic carbocycles. The molecule has 1 unspecified atom stereocenters. The standard InChI is InChI=1S/C15H29N3/c1-8-16-14(15(4,5)6)10-9-13-11(2)17-18(7)12(13)3/h14,16H,8-10H2,1-7H3. The quantitative estimate of drug-likeness (QED) is 0.872. The molecule has 1 N–H and O–H groups in total. The van der Waals surface area contributed by atoms with E-state index in [-0.39, 0.29) is 0 Å². The van der Waals surface area contributed by atoms with Gasteiger partial charge in [-0.1, -0.05) is 27.7 Å². The fraction of sp³-hybridized carbons (Fsp3) is 0.800. The lowest BCUT2D eigenvalue weighted by atomic mass is 9.83. The zero-order valence-electron chi connectivity index (χ0n) is 13.1. The van der Waals surface area contributed by atoms with Crippen molar-refractivity contribution in [2.75, 3.05) is 6.54 Å². The van der Waals surface area contributed by atoms with Crippen LogP contribution < -0.4 is 5.32 Å². The number of nitrogens with zero attached hydrogens (tertiary/aromatic N) is 2. The maximum absolute atomic E-state index is 4.49. The lowest BCUT2D eigenvalue weighted by Crippen LogP contribution is -2.40. The van der Waals surface area contributed by atoms with Crippen LogP contribution in [0.3, 0.4) is 0 Å². The van der Waals surface area contributed by atoms with Gasteiger partial charge in [0.2, 0.25) is 0 Å². The van der Waals surface area contributed by atoms with E-state index in [0.29, 0.717) is 11.5 Å². The molecule has 1 rings (SSSR count). The number of rotatable bonds is 5.